The topological polar surface area (TPSA) is 18.1 Å². The molecule has 3 aromatic heterocycles. The molecule has 2 nitrogen and oxygen atoms in total. The predicted octanol–water partition coefficient (Wildman–Crippen LogP) is 9.05. The van der Waals surface area contributed by atoms with E-state index in [1.54, 1.807) is 0 Å². The molecule has 0 aliphatic rings. The molecule has 154 valence electrons. The van der Waals surface area contributed by atoms with Crippen molar-refractivity contribution in [1.82, 2.24) is 4.57 Å². The van der Waals surface area contributed by atoms with Gasteiger partial charge >= 0.3 is 0 Å². The number of aromatic nitrogens is 1. The van der Waals surface area contributed by atoms with E-state index in [1.165, 1.54) is 47.7 Å². The zero-order valence-electron chi connectivity index (χ0n) is 17.6. The van der Waals surface area contributed by atoms with Gasteiger partial charge in [0.15, 0.2) is 0 Å². The first kappa shape index (κ1) is 17.5. The fourth-order valence-corrected chi connectivity index (χ4v) is 6.56. The van der Waals surface area contributed by atoms with E-state index in [4.69, 9.17) is 4.42 Å². The lowest BCUT2D eigenvalue weighted by Gasteiger charge is -2.09. The van der Waals surface area contributed by atoms with E-state index in [9.17, 15) is 0 Å². The molecule has 3 heterocycles. The molecule has 0 aliphatic heterocycles. The summed E-state index contributed by atoms with van der Waals surface area (Å²) < 4.78 is 11.3. The highest BCUT2D eigenvalue weighted by molar-refractivity contribution is 7.26. The molecular weight excluding hydrogens is 422 g/mol. The molecule has 0 saturated carbocycles. The average Bonchev–Trinajstić information content (AvgIpc) is 3.52. The minimum absolute atomic E-state index is 0.933. The Morgan fingerprint density at radius 2 is 1.27 bits per heavy atom. The fraction of sp³-hybridized carbons (Fsp3) is 0. The van der Waals surface area contributed by atoms with Crippen LogP contribution in [-0.4, -0.2) is 4.57 Å². The molecule has 8 rings (SSSR count). The summed E-state index contributed by atoms with van der Waals surface area (Å²) in [5.74, 6) is 0. The van der Waals surface area contributed by atoms with E-state index in [0.29, 0.717) is 0 Å². The number of rotatable bonds is 1. The average molecular weight is 440 g/mol. The maximum atomic E-state index is 6.23. The molecule has 0 amide bonds. The minimum atomic E-state index is 0.933. The summed E-state index contributed by atoms with van der Waals surface area (Å²) in [5.41, 5.74) is 5.52. The molecule has 0 aliphatic carbocycles. The highest BCUT2D eigenvalue weighted by atomic mass is 32.1. The minimum Gasteiger partial charge on any atom is -0.456 e. The number of hydrogen-bond donors (Lipinski definition) is 0. The van der Waals surface area contributed by atoms with E-state index in [1.807, 2.05) is 23.5 Å². The third-order valence-corrected chi connectivity index (χ3v) is 8.00. The Balaban J connectivity index is 1.58. The number of thiophene rings is 1. The quantitative estimate of drug-likeness (QED) is 0.249. The number of fused-ring (bicyclic) bond motifs is 9. The van der Waals surface area contributed by atoms with Crippen molar-refractivity contribution in [1.29, 1.82) is 0 Å². The van der Waals surface area contributed by atoms with Crippen molar-refractivity contribution in [3.63, 3.8) is 0 Å². The van der Waals surface area contributed by atoms with Crippen LogP contribution in [0.4, 0.5) is 0 Å². The normalized spacial score (nSPS) is 12.2. The van der Waals surface area contributed by atoms with Crippen LogP contribution < -0.4 is 0 Å². The van der Waals surface area contributed by atoms with Crippen molar-refractivity contribution >= 4 is 75.3 Å². The maximum Gasteiger partial charge on any atom is 0.136 e. The van der Waals surface area contributed by atoms with Gasteiger partial charge in [0.05, 0.1) is 21.4 Å². The Bertz CT molecular complexity index is 2040. The van der Waals surface area contributed by atoms with Crippen molar-refractivity contribution in [2.24, 2.45) is 0 Å². The monoisotopic (exact) mass is 439 g/mol. The van der Waals surface area contributed by atoms with E-state index in [2.05, 4.69) is 95.6 Å². The molecule has 33 heavy (non-hydrogen) atoms. The number of nitrogens with zero attached hydrogens (tertiary/aromatic N) is 1. The number of benzene rings is 5. The predicted molar refractivity (Wildman–Crippen MR) is 141 cm³/mol. The van der Waals surface area contributed by atoms with Crippen LogP contribution >= 0.6 is 11.3 Å². The van der Waals surface area contributed by atoms with Gasteiger partial charge in [-0.3, -0.25) is 0 Å². The zero-order chi connectivity index (χ0) is 21.5. The number of hydrogen-bond acceptors (Lipinski definition) is 2. The van der Waals surface area contributed by atoms with Crippen LogP contribution in [-0.2, 0) is 0 Å². The molecule has 8 aromatic rings. The summed E-state index contributed by atoms with van der Waals surface area (Å²) in [7, 11) is 0. The van der Waals surface area contributed by atoms with Gasteiger partial charge in [-0.25, -0.2) is 0 Å². The van der Waals surface area contributed by atoms with E-state index in [0.717, 1.165) is 21.9 Å². The van der Waals surface area contributed by atoms with Crippen LogP contribution in [0.3, 0.4) is 0 Å². The first-order valence-corrected chi connectivity index (χ1v) is 11.9. The largest absolute Gasteiger partial charge is 0.456 e. The molecule has 0 atom stereocenters. The lowest BCUT2D eigenvalue weighted by molar-refractivity contribution is 0.669. The molecular formula is C30H17NOS. The highest BCUT2D eigenvalue weighted by Gasteiger charge is 2.18. The second kappa shape index (κ2) is 6.25. The van der Waals surface area contributed by atoms with E-state index in [-0.39, 0.29) is 0 Å². The van der Waals surface area contributed by atoms with Gasteiger partial charge in [-0.1, -0.05) is 66.7 Å². The standard InChI is InChI=1S/C30H17NOS/c1-4-12-24-18(8-1)22-17-28-23(19-9-2-5-14-27(19)32-28)16-26(22)31(24)25-13-7-11-21-20-10-3-6-15-29(20)33-30(21)25/h1-17H. The van der Waals surface area contributed by atoms with Crippen molar-refractivity contribution < 1.29 is 4.42 Å². The smallest absolute Gasteiger partial charge is 0.136 e. The van der Waals surface area contributed by atoms with Crippen LogP contribution in [0.5, 0.6) is 0 Å². The lowest BCUT2D eigenvalue weighted by Crippen LogP contribution is -1.93. The van der Waals surface area contributed by atoms with E-state index >= 15 is 0 Å². The Morgan fingerprint density at radius 3 is 2.21 bits per heavy atom. The third-order valence-electron chi connectivity index (χ3n) is 6.80. The number of furan rings is 1. The molecule has 0 unspecified atom stereocenters. The molecule has 3 heteroatoms. The maximum absolute atomic E-state index is 6.23. The van der Waals surface area contributed by atoms with Crippen molar-refractivity contribution in [2.75, 3.05) is 0 Å². The summed E-state index contributed by atoms with van der Waals surface area (Å²) >= 11 is 1.87. The molecule has 0 spiro atoms. The molecule has 5 aromatic carbocycles. The first-order chi connectivity index (χ1) is 16.4. The molecule has 0 radical (unpaired) electrons. The van der Waals surface area contributed by atoms with E-state index < -0.39 is 0 Å². The van der Waals surface area contributed by atoms with Gasteiger partial charge in [-0.15, -0.1) is 11.3 Å². The molecule has 0 N–H and O–H groups in total. The van der Waals surface area contributed by atoms with Gasteiger partial charge in [0.2, 0.25) is 0 Å². The van der Waals surface area contributed by atoms with Gasteiger partial charge in [0.1, 0.15) is 11.2 Å². The Kier molecular flexibility index (Phi) is 3.31. The lowest BCUT2D eigenvalue weighted by atomic mass is 10.1. The Morgan fingerprint density at radius 1 is 0.515 bits per heavy atom. The van der Waals surface area contributed by atoms with Gasteiger partial charge in [-0.05, 0) is 36.4 Å². The Hall–Kier alpha value is -4.08. The fourth-order valence-electron chi connectivity index (χ4n) is 5.35. The summed E-state index contributed by atoms with van der Waals surface area (Å²) in [6.45, 7) is 0. The third kappa shape index (κ3) is 2.27. The summed E-state index contributed by atoms with van der Waals surface area (Å²) in [4.78, 5) is 0. The molecule has 0 fully saturated rings. The van der Waals surface area contributed by atoms with Crippen molar-refractivity contribution in [2.45, 2.75) is 0 Å². The van der Waals surface area contributed by atoms with Crippen molar-refractivity contribution in [3.8, 4) is 5.69 Å². The first-order valence-electron chi connectivity index (χ1n) is 11.1. The van der Waals surface area contributed by atoms with Crippen LogP contribution in [0.25, 0.3) is 69.6 Å². The van der Waals surface area contributed by atoms with Crippen LogP contribution in [0.1, 0.15) is 0 Å². The summed E-state index contributed by atoms with van der Waals surface area (Å²) in [5, 5.41) is 7.41. The van der Waals surface area contributed by atoms with Crippen LogP contribution in [0.2, 0.25) is 0 Å². The second-order valence-electron chi connectivity index (χ2n) is 8.57. The van der Waals surface area contributed by atoms with Gasteiger partial charge in [0, 0.05) is 37.0 Å². The summed E-state index contributed by atoms with van der Waals surface area (Å²) in [6.07, 6.45) is 0. The SMILES string of the molecule is c1ccc2c(c1)oc1cc3c4ccccc4n(-c4cccc5c4sc4ccccc45)c3cc12. The highest BCUT2D eigenvalue weighted by Crippen LogP contribution is 2.42. The Labute approximate surface area is 192 Å². The van der Waals surface area contributed by atoms with Gasteiger partial charge < -0.3 is 8.98 Å². The number of para-hydroxylation sites is 2. The van der Waals surface area contributed by atoms with Crippen molar-refractivity contribution in [3.05, 3.63) is 103 Å². The molecule has 0 bridgehead atoms. The summed E-state index contributed by atoms with van der Waals surface area (Å²) in [6, 6.07) is 36.9. The second-order valence-corrected chi connectivity index (χ2v) is 9.62. The zero-order valence-corrected chi connectivity index (χ0v) is 18.4. The van der Waals surface area contributed by atoms with Gasteiger partial charge in [0.25, 0.3) is 0 Å². The van der Waals surface area contributed by atoms with Gasteiger partial charge in [-0.2, -0.15) is 0 Å². The van der Waals surface area contributed by atoms with Crippen LogP contribution in [0, 0.1) is 0 Å². The molecule has 0 saturated heterocycles. The van der Waals surface area contributed by atoms with Crippen LogP contribution in [0.15, 0.2) is 108 Å².